The smallest absolute Gasteiger partial charge is 0.265 e. The molecule has 3 aromatic rings. The number of hydrogen-bond acceptors (Lipinski definition) is 3. The van der Waals surface area contributed by atoms with Crippen molar-refractivity contribution in [1.29, 1.82) is 0 Å². The molecule has 1 amide bonds. The zero-order chi connectivity index (χ0) is 14.1. The van der Waals surface area contributed by atoms with Crippen molar-refractivity contribution in [2.75, 3.05) is 5.32 Å². The molecule has 0 spiro atoms. The van der Waals surface area contributed by atoms with Gasteiger partial charge in [-0.15, -0.1) is 11.3 Å². The number of pyridine rings is 1. The third kappa shape index (κ3) is 2.35. The quantitative estimate of drug-likeness (QED) is 0.759. The van der Waals surface area contributed by atoms with Gasteiger partial charge in [0.2, 0.25) is 0 Å². The topological polar surface area (TPSA) is 62.0 Å². The van der Waals surface area contributed by atoms with E-state index in [2.05, 4.69) is 10.3 Å². The molecule has 0 unspecified atom stereocenters. The average Bonchev–Trinajstić information content (AvgIpc) is 2.94. The fraction of sp³-hybridized carbons (Fsp3) is 0.0667. The maximum absolute atomic E-state index is 12.0. The Morgan fingerprint density at radius 3 is 2.85 bits per heavy atom. The van der Waals surface area contributed by atoms with E-state index in [4.69, 9.17) is 0 Å². The minimum Gasteiger partial charge on any atom is -0.322 e. The van der Waals surface area contributed by atoms with Gasteiger partial charge >= 0.3 is 0 Å². The SMILES string of the molecule is Cc1cc2ccc(NC(=O)c3cccs3)cc2[nH]c1=O. The second-order valence-electron chi connectivity index (χ2n) is 4.51. The summed E-state index contributed by atoms with van der Waals surface area (Å²) in [5, 5.41) is 5.62. The molecule has 5 heteroatoms. The van der Waals surface area contributed by atoms with Crippen molar-refractivity contribution in [3.05, 3.63) is 62.6 Å². The van der Waals surface area contributed by atoms with Crippen LogP contribution in [0.2, 0.25) is 0 Å². The highest BCUT2D eigenvalue weighted by atomic mass is 32.1. The minimum absolute atomic E-state index is 0.112. The lowest BCUT2D eigenvalue weighted by molar-refractivity contribution is 0.103. The van der Waals surface area contributed by atoms with Crippen LogP contribution >= 0.6 is 11.3 Å². The number of amides is 1. The lowest BCUT2D eigenvalue weighted by atomic mass is 10.1. The summed E-state index contributed by atoms with van der Waals surface area (Å²) in [7, 11) is 0. The van der Waals surface area contributed by atoms with Gasteiger partial charge in [-0.1, -0.05) is 12.1 Å². The van der Waals surface area contributed by atoms with Crippen LogP contribution in [0.1, 0.15) is 15.2 Å². The van der Waals surface area contributed by atoms with Crippen molar-refractivity contribution in [2.24, 2.45) is 0 Å². The molecule has 100 valence electrons. The van der Waals surface area contributed by atoms with E-state index in [0.717, 1.165) is 5.39 Å². The van der Waals surface area contributed by atoms with Crippen molar-refractivity contribution < 1.29 is 4.79 Å². The molecule has 0 aliphatic rings. The number of thiophene rings is 1. The summed E-state index contributed by atoms with van der Waals surface area (Å²) < 4.78 is 0. The van der Waals surface area contributed by atoms with Gasteiger partial charge in [-0.3, -0.25) is 9.59 Å². The van der Waals surface area contributed by atoms with Crippen LogP contribution in [0, 0.1) is 6.92 Å². The van der Waals surface area contributed by atoms with E-state index in [9.17, 15) is 9.59 Å². The fourth-order valence-electron chi connectivity index (χ4n) is 1.99. The van der Waals surface area contributed by atoms with Gasteiger partial charge in [0.25, 0.3) is 11.5 Å². The number of fused-ring (bicyclic) bond motifs is 1. The summed E-state index contributed by atoms with van der Waals surface area (Å²) in [6, 6.07) is 10.9. The molecule has 1 aromatic carbocycles. The molecule has 2 aromatic heterocycles. The molecule has 2 N–H and O–H groups in total. The molecule has 0 aliphatic carbocycles. The fourth-order valence-corrected chi connectivity index (χ4v) is 2.61. The van der Waals surface area contributed by atoms with Crippen molar-refractivity contribution in [3.8, 4) is 0 Å². The average molecular weight is 284 g/mol. The first kappa shape index (κ1) is 12.6. The molecule has 3 rings (SSSR count). The number of H-pyrrole nitrogens is 1. The number of carbonyl (C=O) groups is 1. The Morgan fingerprint density at radius 1 is 1.25 bits per heavy atom. The maximum Gasteiger partial charge on any atom is 0.265 e. The van der Waals surface area contributed by atoms with Gasteiger partial charge in [-0.2, -0.15) is 0 Å². The zero-order valence-electron chi connectivity index (χ0n) is 10.8. The van der Waals surface area contributed by atoms with E-state index in [0.29, 0.717) is 21.6 Å². The molecule has 20 heavy (non-hydrogen) atoms. The lowest BCUT2D eigenvalue weighted by Gasteiger charge is -2.06. The van der Waals surface area contributed by atoms with Gasteiger partial charge in [0.1, 0.15) is 0 Å². The third-order valence-electron chi connectivity index (χ3n) is 3.03. The molecule has 0 bridgehead atoms. The van der Waals surface area contributed by atoms with Gasteiger partial charge < -0.3 is 10.3 Å². The van der Waals surface area contributed by atoms with E-state index in [-0.39, 0.29) is 11.5 Å². The molecule has 0 saturated heterocycles. The van der Waals surface area contributed by atoms with E-state index in [1.54, 1.807) is 19.1 Å². The van der Waals surface area contributed by atoms with Crippen molar-refractivity contribution in [2.45, 2.75) is 6.92 Å². The van der Waals surface area contributed by atoms with Crippen molar-refractivity contribution in [3.63, 3.8) is 0 Å². The van der Waals surface area contributed by atoms with E-state index in [1.807, 2.05) is 29.6 Å². The first-order chi connectivity index (χ1) is 9.63. The number of aryl methyl sites for hydroxylation is 1. The molecule has 0 radical (unpaired) electrons. The minimum atomic E-state index is -0.145. The van der Waals surface area contributed by atoms with Crippen LogP contribution in [0.15, 0.2) is 46.6 Å². The molecule has 0 aliphatic heterocycles. The van der Waals surface area contributed by atoms with E-state index in [1.165, 1.54) is 11.3 Å². The molecule has 0 fully saturated rings. The number of hydrogen-bond donors (Lipinski definition) is 2. The molecule has 2 heterocycles. The summed E-state index contributed by atoms with van der Waals surface area (Å²) in [6.07, 6.45) is 0. The first-order valence-corrected chi connectivity index (χ1v) is 7.00. The molecular formula is C15H12N2O2S. The highest BCUT2D eigenvalue weighted by molar-refractivity contribution is 7.12. The van der Waals surface area contributed by atoms with Crippen molar-refractivity contribution in [1.82, 2.24) is 4.98 Å². The Balaban J connectivity index is 1.95. The van der Waals surface area contributed by atoms with Gasteiger partial charge in [0.15, 0.2) is 0 Å². The van der Waals surface area contributed by atoms with Crippen LogP contribution in [0.5, 0.6) is 0 Å². The molecular weight excluding hydrogens is 272 g/mol. The number of carbonyl (C=O) groups excluding carboxylic acids is 1. The lowest BCUT2D eigenvalue weighted by Crippen LogP contribution is -2.11. The van der Waals surface area contributed by atoms with Crippen LogP contribution < -0.4 is 10.9 Å². The molecule has 4 nitrogen and oxygen atoms in total. The highest BCUT2D eigenvalue weighted by Crippen LogP contribution is 2.18. The van der Waals surface area contributed by atoms with Crippen LogP contribution in [0.3, 0.4) is 0 Å². The second-order valence-corrected chi connectivity index (χ2v) is 5.46. The predicted molar refractivity (Wildman–Crippen MR) is 81.6 cm³/mol. The number of aromatic amines is 1. The highest BCUT2D eigenvalue weighted by Gasteiger charge is 2.07. The Kier molecular flexibility index (Phi) is 3.12. The Hall–Kier alpha value is -2.40. The first-order valence-electron chi connectivity index (χ1n) is 6.12. The summed E-state index contributed by atoms with van der Waals surface area (Å²) in [5.74, 6) is -0.145. The van der Waals surface area contributed by atoms with Gasteiger partial charge in [0, 0.05) is 11.3 Å². The van der Waals surface area contributed by atoms with Crippen LogP contribution in [0.25, 0.3) is 10.9 Å². The summed E-state index contributed by atoms with van der Waals surface area (Å²) in [6.45, 7) is 1.77. The summed E-state index contributed by atoms with van der Waals surface area (Å²) in [4.78, 5) is 27.0. The summed E-state index contributed by atoms with van der Waals surface area (Å²) in [5.41, 5.74) is 1.94. The standard InChI is InChI=1S/C15H12N2O2S/c1-9-7-10-4-5-11(8-12(10)17-14(9)18)16-15(19)13-3-2-6-20-13/h2-8H,1H3,(H,16,19)(H,17,18). The van der Waals surface area contributed by atoms with E-state index >= 15 is 0 Å². The van der Waals surface area contributed by atoms with Crippen LogP contribution in [-0.2, 0) is 0 Å². The Labute approximate surface area is 119 Å². The van der Waals surface area contributed by atoms with Crippen molar-refractivity contribution >= 4 is 33.8 Å². The Bertz CT molecular complexity index is 835. The maximum atomic E-state index is 12.0. The number of rotatable bonds is 2. The van der Waals surface area contributed by atoms with Crippen LogP contribution in [-0.4, -0.2) is 10.9 Å². The Morgan fingerprint density at radius 2 is 2.10 bits per heavy atom. The van der Waals surface area contributed by atoms with Crippen LogP contribution in [0.4, 0.5) is 5.69 Å². The van der Waals surface area contributed by atoms with Gasteiger partial charge in [-0.25, -0.2) is 0 Å². The van der Waals surface area contributed by atoms with Gasteiger partial charge in [-0.05, 0) is 42.0 Å². The predicted octanol–water partition coefficient (Wildman–Crippen LogP) is 3.15. The van der Waals surface area contributed by atoms with Gasteiger partial charge in [0.05, 0.1) is 10.4 Å². The zero-order valence-corrected chi connectivity index (χ0v) is 11.6. The molecule has 0 atom stereocenters. The monoisotopic (exact) mass is 284 g/mol. The number of nitrogens with one attached hydrogen (secondary N) is 2. The summed E-state index contributed by atoms with van der Waals surface area (Å²) >= 11 is 1.39. The normalized spacial score (nSPS) is 10.7. The largest absolute Gasteiger partial charge is 0.322 e. The van der Waals surface area contributed by atoms with E-state index < -0.39 is 0 Å². The second kappa shape index (κ2) is 4.94. The number of aromatic nitrogens is 1. The number of anilines is 1. The molecule has 0 saturated carbocycles. The number of benzene rings is 1. The third-order valence-corrected chi connectivity index (χ3v) is 3.90.